The fraction of sp³-hybridized carbons (Fsp3) is 0.500. The molecule has 1 heterocycles. The topological polar surface area (TPSA) is 118 Å². The largest absolute Gasteiger partial charge is 0.480 e. The molecule has 2 atom stereocenters. The molecule has 0 saturated carbocycles. The summed E-state index contributed by atoms with van der Waals surface area (Å²) in [5.41, 5.74) is -0.240. The summed E-state index contributed by atoms with van der Waals surface area (Å²) in [6.07, 6.45) is 2.74. The standard InChI is InChI=1S/C10H14N4O4/c1-3-6(2)8(9(15)16)13-10-11-4-7(5-12-10)14(17)18/h4-6,8H,3H2,1-2H3,(H,15,16)(H,11,12,13)/t6-,8-/m0/s1. The van der Waals surface area contributed by atoms with Crippen molar-refractivity contribution in [1.29, 1.82) is 0 Å². The van der Waals surface area contributed by atoms with E-state index in [0.29, 0.717) is 6.42 Å². The molecule has 0 fully saturated rings. The van der Waals surface area contributed by atoms with E-state index in [-0.39, 0.29) is 17.6 Å². The SMILES string of the molecule is CC[C@H](C)[C@H](Nc1ncc([N+](=O)[O-])cn1)C(=O)O. The van der Waals surface area contributed by atoms with Gasteiger partial charge in [0.05, 0.1) is 4.92 Å². The molecule has 1 aromatic rings. The van der Waals surface area contributed by atoms with Gasteiger partial charge < -0.3 is 10.4 Å². The number of carbonyl (C=O) groups is 1. The van der Waals surface area contributed by atoms with Crippen molar-refractivity contribution in [2.24, 2.45) is 5.92 Å². The molecule has 0 spiro atoms. The quantitative estimate of drug-likeness (QED) is 0.580. The van der Waals surface area contributed by atoms with Crippen LogP contribution in [0.3, 0.4) is 0 Å². The lowest BCUT2D eigenvalue weighted by Crippen LogP contribution is -2.36. The number of hydrogen-bond donors (Lipinski definition) is 2. The Morgan fingerprint density at radius 1 is 1.56 bits per heavy atom. The van der Waals surface area contributed by atoms with Crippen LogP contribution < -0.4 is 5.32 Å². The number of nitro groups is 1. The van der Waals surface area contributed by atoms with Crippen LogP contribution >= 0.6 is 0 Å². The predicted molar refractivity (Wildman–Crippen MR) is 63.2 cm³/mol. The van der Waals surface area contributed by atoms with E-state index < -0.39 is 16.9 Å². The van der Waals surface area contributed by atoms with Crippen LogP contribution in [0, 0.1) is 16.0 Å². The van der Waals surface area contributed by atoms with Crippen LogP contribution in [0.4, 0.5) is 11.6 Å². The summed E-state index contributed by atoms with van der Waals surface area (Å²) in [6, 6.07) is -0.823. The van der Waals surface area contributed by atoms with E-state index in [1.807, 2.05) is 6.92 Å². The maximum absolute atomic E-state index is 11.1. The Hall–Kier alpha value is -2.25. The molecule has 0 amide bonds. The highest BCUT2D eigenvalue weighted by molar-refractivity contribution is 5.76. The highest BCUT2D eigenvalue weighted by Gasteiger charge is 2.24. The first-order chi connectivity index (χ1) is 8.45. The second-order valence-corrected chi connectivity index (χ2v) is 3.87. The minimum atomic E-state index is -1.01. The van der Waals surface area contributed by atoms with Crippen LogP contribution in [0.5, 0.6) is 0 Å². The summed E-state index contributed by atoms with van der Waals surface area (Å²) < 4.78 is 0. The van der Waals surface area contributed by atoms with E-state index in [9.17, 15) is 14.9 Å². The van der Waals surface area contributed by atoms with Crippen molar-refractivity contribution < 1.29 is 14.8 Å². The lowest BCUT2D eigenvalue weighted by atomic mass is 9.99. The third-order valence-electron chi connectivity index (χ3n) is 2.61. The normalized spacial score (nSPS) is 13.7. The Balaban J connectivity index is 2.81. The molecule has 0 radical (unpaired) electrons. The Morgan fingerprint density at radius 3 is 2.50 bits per heavy atom. The first kappa shape index (κ1) is 13.8. The van der Waals surface area contributed by atoms with Crippen molar-refractivity contribution in [2.45, 2.75) is 26.3 Å². The number of nitrogens with zero attached hydrogens (tertiary/aromatic N) is 3. The molecular formula is C10H14N4O4. The third kappa shape index (κ3) is 3.37. The molecule has 0 saturated heterocycles. The van der Waals surface area contributed by atoms with Gasteiger partial charge in [-0.15, -0.1) is 0 Å². The smallest absolute Gasteiger partial charge is 0.326 e. The average molecular weight is 254 g/mol. The summed E-state index contributed by atoms with van der Waals surface area (Å²) >= 11 is 0. The number of hydrogen-bond acceptors (Lipinski definition) is 6. The lowest BCUT2D eigenvalue weighted by Gasteiger charge is -2.19. The van der Waals surface area contributed by atoms with Gasteiger partial charge in [0, 0.05) is 0 Å². The molecule has 0 aromatic carbocycles. The summed E-state index contributed by atoms with van der Waals surface area (Å²) in [6.45, 7) is 3.66. The van der Waals surface area contributed by atoms with Crippen molar-refractivity contribution >= 4 is 17.6 Å². The van der Waals surface area contributed by atoms with Gasteiger partial charge in [-0.1, -0.05) is 20.3 Å². The first-order valence-corrected chi connectivity index (χ1v) is 5.41. The van der Waals surface area contributed by atoms with Crippen LogP contribution in [-0.4, -0.2) is 32.0 Å². The second kappa shape index (κ2) is 5.89. The summed E-state index contributed by atoms with van der Waals surface area (Å²) in [4.78, 5) is 28.3. The van der Waals surface area contributed by atoms with Crippen LogP contribution in [0.1, 0.15) is 20.3 Å². The minimum Gasteiger partial charge on any atom is -0.480 e. The Kier molecular flexibility index (Phi) is 4.52. The van der Waals surface area contributed by atoms with Crippen molar-refractivity contribution in [2.75, 3.05) is 5.32 Å². The van der Waals surface area contributed by atoms with Crippen LogP contribution in [0.2, 0.25) is 0 Å². The maximum Gasteiger partial charge on any atom is 0.326 e. The van der Waals surface area contributed by atoms with E-state index in [4.69, 9.17) is 5.11 Å². The number of aromatic nitrogens is 2. The number of rotatable bonds is 6. The number of aliphatic carboxylic acids is 1. The Bertz CT molecular complexity index is 434. The molecule has 0 aliphatic heterocycles. The summed E-state index contributed by atoms with van der Waals surface area (Å²) in [5.74, 6) is -1.05. The minimum absolute atomic E-state index is 0.0632. The van der Waals surface area contributed by atoms with Gasteiger partial charge in [0.2, 0.25) is 5.95 Å². The number of anilines is 1. The molecule has 1 aromatic heterocycles. The van der Waals surface area contributed by atoms with Gasteiger partial charge >= 0.3 is 11.7 Å². The molecule has 0 aliphatic carbocycles. The predicted octanol–water partition coefficient (Wildman–Crippen LogP) is 1.30. The van der Waals surface area contributed by atoms with Crippen LogP contribution in [-0.2, 0) is 4.79 Å². The van der Waals surface area contributed by atoms with Gasteiger partial charge in [0.15, 0.2) is 0 Å². The van der Waals surface area contributed by atoms with Gasteiger partial charge in [-0.2, -0.15) is 0 Å². The number of carboxylic acid groups (broad SMARTS) is 1. The number of carboxylic acids is 1. The van der Waals surface area contributed by atoms with E-state index >= 15 is 0 Å². The number of nitrogens with one attached hydrogen (secondary N) is 1. The lowest BCUT2D eigenvalue weighted by molar-refractivity contribution is -0.385. The zero-order valence-electron chi connectivity index (χ0n) is 10.0. The summed E-state index contributed by atoms with van der Waals surface area (Å²) in [7, 11) is 0. The molecule has 98 valence electrons. The highest BCUT2D eigenvalue weighted by atomic mass is 16.6. The zero-order chi connectivity index (χ0) is 13.7. The molecule has 2 N–H and O–H groups in total. The van der Waals surface area contributed by atoms with Gasteiger partial charge in [0.1, 0.15) is 18.4 Å². The van der Waals surface area contributed by atoms with Gasteiger partial charge in [-0.3, -0.25) is 10.1 Å². The summed E-state index contributed by atoms with van der Waals surface area (Å²) in [5, 5.41) is 22.1. The fourth-order valence-corrected chi connectivity index (χ4v) is 1.31. The highest BCUT2D eigenvalue weighted by Crippen LogP contribution is 2.14. The molecule has 1 rings (SSSR count). The van der Waals surface area contributed by atoms with Crippen molar-refractivity contribution in [3.8, 4) is 0 Å². The molecule has 8 nitrogen and oxygen atoms in total. The molecule has 8 heteroatoms. The zero-order valence-corrected chi connectivity index (χ0v) is 10.0. The van der Waals surface area contributed by atoms with Gasteiger partial charge in [-0.05, 0) is 5.92 Å². The first-order valence-electron chi connectivity index (χ1n) is 5.41. The van der Waals surface area contributed by atoms with E-state index in [1.54, 1.807) is 6.92 Å². The third-order valence-corrected chi connectivity index (χ3v) is 2.61. The molecule has 0 aliphatic rings. The molecule has 18 heavy (non-hydrogen) atoms. The van der Waals surface area contributed by atoms with Gasteiger partial charge in [-0.25, -0.2) is 14.8 Å². The maximum atomic E-state index is 11.1. The van der Waals surface area contributed by atoms with Crippen LogP contribution in [0.15, 0.2) is 12.4 Å². The van der Waals surface area contributed by atoms with Gasteiger partial charge in [0.25, 0.3) is 0 Å². The van der Waals surface area contributed by atoms with Crippen molar-refractivity contribution in [3.05, 3.63) is 22.5 Å². The Morgan fingerprint density at radius 2 is 2.11 bits per heavy atom. The van der Waals surface area contributed by atoms with Crippen molar-refractivity contribution in [1.82, 2.24) is 9.97 Å². The van der Waals surface area contributed by atoms with E-state index in [2.05, 4.69) is 15.3 Å². The van der Waals surface area contributed by atoms with E-state index in [1.165, 1.54) is 0 Å². The van der Waals surface area contributed by atoms with Crippen LogP contribution in [0.25, 0.3) is 0 Å². The molecular weight excluding hydrogens is 240 g/mol. The average Bonchev–Trinajstić information content (AvgIpc) is 2.35. The molecule has 0 bridgehead atoms. The molecule has 0 unspecified atom stereocenters. The monoisotopic (exact) mass is 254 g/mol. The second-order valence-electron chi connectivity index (χ2n) is 3.87. The van der Waals surface area contributed by atoms with Crippen molar-refractivity contribution in [3.63, 3.8) is 0 Å². The Labute approximate surface area is 103 Å². The fourth-order valence-electron chi connectivity index (χ4n) is 1.31. The van der Waals surface area contributed by atoms with E-state index in [0.717, 1.165) is 12.4 Å².